The van der Waals surface area contributed by atoms with Gasteiger partial charge in [-0.15, -0.1) is 0 Å². The van der Waals surface area contributed by atoms with Gasteiger partial charge < -0.3 is 18.8 Å². The first-order chi connectivity index (χ1) is 23.0. The van der Waals surface area contributed by atoms with Gasteiger partial charge in [0.2, 0.25) is 10.0 Å². The molecule has 0 spiro atoms. The summed E-state index contributed by atoms with van der Waals surface area (Å²) in [5.41, 5.74) is 3.74. The molecule has 0 radical (unpaired) electrons. The van der Waals surface area contributed by atoms with Crippen LogP contribution in [-0.4, -0.2) is 54.8 Å². The van der Waals surface area contributed by atoms with E-state index in [2.05, 4.69) is 50.9 Å². The highest BCUT2D eigenvalue weighted by molar-refractivity contribution is 7.89. The van der Waals surface area contributed by atoms with Crippen molar-refractivity contribution in [3.63, 3.8) is 0 Å². The summed E-state index contributed by atoms with van der Waals surface area (Å²) in [5, 5.41) is 6.19. The monoisotopic (exact) mass is 730 g/mol. The molecule has 49 heavy (non-hydrogen) atoms. The number of rotatable bonds is 10. The minimum Gasteiger partial charge on any atom is -0.487 e. The van der Waals surface area contributed by atoms with Crippen molar-refractivity contribution in [3.05, 3.63) is 70.3 Å². The molecule has 0 saturated heterocycles. The molecule has 2 saturated carbocycles. The SMILES string of the molecule is COC(=O)c1ccc2c(c1)N(C[C@@H]1CC[C@H]1C(/C=C/[C@@H]1CC[C@H]1CS(N)(=O)=O)O[Si](C)(C)C(C)(C)C)CCCCc1cc(Cl)ccc1CO2. The predicted octanol–water partition coefficient (Wildman–Crippen LogP) is 8.14. The Labute approximate surface area is 299 Å². The van der Waals surface area contributed by atoms with E-state index in [0.717, 1.165) is 80.1 Å². The minimum atomic E-state index is -3.51. The van der Waals surface area contributed by atoms with Crippen LogP contribution in [0.5, 0.6) is 5.75 Å². The van der Waals surface area contributed by atoms with Crippen molar-refractivity contribution in [1.82, 2.24) is 0 Å². The molecular formula is C38H55ClN2O6SSi. The fourth-order valence-electron chi connectivity index (χ4n) is 7.11. The number of anilines is 1. The molecule has 2 aromatic rings. The van der Waals surface area contributed by atoms with Gasteiger partial charge in [0.05, 0.1) is 30.2 Å². The van der Waals surface area contributed by atoms with Crippen molar-refractivity contribution >= 4 is 41.6 Å². The average molecular weight is 731 g/mol. The molecule has 2 aromatic carbocycles. The van der Waals surface area contributed by atoms with Crippen molar-refractivity contribution in [2.24, 2.45) is 28.8 Å². The lowest BCUT2D eigenvalue weighted by Crippen LogP contribution is -2.50. The van der Waals surface area contributed by atoms with E-state index in [9.17, 15) is 13.2 Å². The van der Waals surface area contributed by atoms with Crippen LogP contribution >= 0.6 is 11.6 Å². The number of esters is 1. The Balaban J connectivity index is 1.42. The zero-order valence-corrected chi connectivity index (χ0v) is 32.6. The number of methoxy groups -OCH3 is 1. The smallest absolute Gasteiger partial charge is 0.337 e. The molecule has 0 amide bonds. The summed E-state index contributed by atoms with van der Waals surface area (Å²) in [4.78, 5) is 15.1. The van der Waals surface area contributed by atoms with E-state index in [0.29, 0.717) is 24.0 Å². The first-order valence-electron chi connectivity index (χ1n) is 17.8. The third kappa shape index (κ3) is 9.50. The number of allylic oxidation sites excluding steroid dienone is 1. The number of aryl methyl sites for hydroxylation is 1. The van der Waals surface area contributed by atoms with Crippen molar-refractivity contribution in [2.45, 2.75) is 96.6 Å². The number of fused-ring (bicyclic) bond motifs is 2. The Bertz CT molecular complexity index is 1620. The molecular weight excluding hydrogens is 676 g/mol. The second-order valence-corrected chi connectivity index (χ2v) is 22.7. The quantitative estimate of drug-likeness (QED) is 0.149. The number of nitrogens with two attached hydrogens (primary N) is 1. The Hall–Kier alpha value is -2.37. The van der Waals surface area contributed by atoms with Gasteiger partial charge in [0, 0.05) is 18.1 Å². The van der Waals surface area contributed by atoms with Crippen molar-refractivity contribution < 1.29 is 27.1 Å². The van der Waals surface area contributed by atoms with E-state index in [1.807, 2.05) is 30.3 Å². The Kier molecular flexibility index (Phi) is 12.0. The second kappa shape index (κ2) is 15.5. The van der Waals surface area contributed by atoms with Gasteiger partial charge in [-0.2, -0.15) is 0 Å². The van der Waals surface area contributed by atoms with Crippen LogP contribution in [0.2, 0.25) is 23.2 Å². The van der Waals surface area contributed by atoms with Gasteiger partial charge in [0.15, 0.2) is 8.32 Å². The van der Waals surface area contributed by atoms with Crippen LogP contribution in [-0.2, 0) is 32.2 Å². The maximum Gasteiger partial charge on any atom is 0.337 e. The fraction of sp³-hybridized carbons (Fsp3) is 0.605. The third-order valence-corrected chi connectivity index (χ3v) is 17.1. The zero-order valence-electron chi connectivity index (χ0n) is 30.0. The molecule has 0 aromatic heterocycles. The van der Waals surface area contributed by atoms with E-state index >= 15 is 0 Å². The molecule has 1 unspecified atom stereocenters. The van der Waals surface area contributed by atoms with E-state index in [4.69, 9.17) is 30.6 Å². The van der Waals surface area contributed by atoms with Gasteiger partial charge in [0.25, 0.3) is 0 Å². The summed E-state index contributed by atoms with van der Waals surface area (Å²) in [5.74, 6) is 1.36. The van der Waals surface area contributed by atoms with Crippen molar-refractivity contribution in [3.8, 4) is 5.75 Å². The summed E-state index contributed by atoms with van der Waals surface area (Å²) < 4.78 is 42.4. The first kappa shape index (κ1) is 37.9. The lowest BCUT2D eigenvalue weighted by Gasteiger charge is -2.48. The maximum absolute atomic E-state index is 12.7. The largest absolute Gasteiger partial charge is 0.487 e. The molecule has 3 aliphatic rings. The number of hydrogen-bond acceptors (Lipinski definition) is 7. The van der Waals surface area contributed by atoms with Crippen LogP contribution in [0.15, 0.2) is 48.6 Å². The van der Waals surface area contributed by atoms with E-state index in [1.165, 1.54) is 12.7 Å². The van der Waals surface area contributed by atoms with Crippen LogP contribution in [0.3, 0.4) is 0 Å². The minimum absolute atomic E-state index is 0.0317. The highest BCUT2D eigenvalue weighted by Crippen LogP contribution is 2.46. The van der Waals surface area contributed by atoms with Gasteiger partial charge in [-0.25, -0.2) is 18.4 Å². The molecule has 5 rings (SSSR count). The number of benzene rings is 2. The number of carbonyl (C=O) groups is 1. The lowest BCUT2D eigenvalue weighted by atomic mass is 9.69. The molecule has 2 aliphatic carbocycles. The number of halogens is 1. The van der Waals surface area contributed by atoms with Crippen molar-refractivity contribution in [1.29, 1.82) is 0 Å². The number of sulfonamides is 1. The highest BCUT2D eigenvalue weighted by atomic mass is 35.5. The van der Waals surface area contributed by atoms with Crippen LogP contribution in [0.25, 0.3) is 0 Å². The number of carbonyl (C=O) groups excluding carboxylic acids is 1. The summed E-state index contributed by atoms with van der Waals surface area (Å²) in [6, 6.07) is 11.6. The summed E-state index contributed by atoms with van der Waals surface area (Å²) >= 11 is 6.37. The van der Waals surface area contributed by atoms with Gasteiger partial charge in [-0.05, 0) is 128 Å². The molecule has 270 valence electrons. The topological polar surface area (TPSA) is 108 Å². The van der Waals surface area contributed by atoms with E-state index < -0.39 is 18.3 Å². The Morgan fingerprint density at radius 1 is 1.08 bits per heavy atom. The average Bonchev–Trinajstić information content (AvgIpc) is 3.03. The molecule has 5 atom stereocenters. The summed E-state index contributed by atoms with van der Waals surface area (Å²) in [7, 11) is -4.23. The standard InChI is InChI=1S/C38H55ClN2O6SSi/c1-38(2,3)49(5,6)47-35(18-14-26-10-11-31(26)25-48(40,43)44)33-17-13-29(33)23-41-20-8-7-9-27-21-32(39)16-12-30(27)24-46-36-19-15-28(22-34(36)41)37(42)45-4/h12,14-16,18-19,21-22,26,29,31,33,35H,7-11,13,17,20,23-25H2,1-6H3,(H2,40,43,44)/b18-14+/t26-,29-,31-,33+,35?/m0/s1. The van der Waals surface area contributed by atoms with Crippen LogP contribution < -0.4 is 14.8 Å². The summed E-state index contributed by atoms with van der Waals surface area (Å²) in [6.07, 6.45) is 11.3. The zero-order chi connectivity index (χ0) is 35.6. The summed E-state index contributed by atoms with van der Waals surface area (Å²) in [6.45, 7) is 13.4. The Morgan fingerprint density at radius 2 is 1.84 bits per heavy atom. The highest BCUT2D eigenvalue weighted by Gasteiger charge is 2.44. The van der Waals surface area contributed by atoms with Gasteiger partial charge in [-0.3, -0.25) is 0 Å². The van der Waals surface area contributed by atoms with Crippen LogP contribution in [0.4, 0.5) is 5.69 Å². The Morgan fingerprint density at radius 3 is 2.47 bits per heavy atom. The number of ether oxygens (including phenoxy) is 2. The third-order valence-electron chi connectivity index (χ3n) is 11.5. The molecule has 1 aliphatic heterocycles. The normalized spacial score (nSPS) is 24.0. The van der Waals surface area contributed by atoms with Gasteiger partial charge in [0.1, 0.15) is 12.4 Å². The molecule has 8 nitrogen and oxygen atoms in total. The van der Waals surface area contributed by atoms with E-state index in [1.54, 1.807) is 6.07 Å². The molecule has 2 N–H and O–H groups in total. The lowest BCUT2D eigenvalue weighted by molar-refractivity contribution is 0.0524. The first-order valence-corrected chi connectivity index (χ1v) is 22.8. The molecule has 11 heteroatoms. The van der Waals surface area contributed by atoms with Crippen LogP contribution in [0.1, 0.15) is 80.8 Å². The second-order valence-electron chi connectivity index (χ2n) is 15.8. The van der Waals surface area contributed by atoms with Gasteiger partial charge in [-0.1, -0.05) is 50.6 Å². The fourth-order valence-corrected chi connectivity index (χ4v) is 9.60. The molecule has 0 bridgehead atoms. The molecule has 2 fully saturated rings. The predicted molar refractivity (Wildman–Crippen MR) is 200 cm³/mol. The number of primary sulfonamides is 1. The van der Waals surface area contributed by atoms with E-state index in [-0.39, 0.29) is 34.7 Å². The van der Waals surface area contributed by atoms with Crippen molar-refractivity contribution in [2.75, 3.05) is 30.9 Å². The number of nitrogens with zero attached hydrogens (tertiary/aromatic N) is 1. The van der Waals surface area contributed by atoms with Crippen LogP contribution in [0, 0.1) is 23.7 Å². The van der Waals surface area contributed by atoms with Gasteiger partial charge >= 0.3 is 5.97 Å². The molecule has 1 heterocycles. The maximum atomic E-state index is 12.7. The number of hydrogen-bond donors (Lipinski definition) is 1.